The molecule has 0 amide bonds. The molecule has 3 aromatic rings. The van der Waals surface area contributed by atoms with E-state index in [4.69, 9.17) is 4.74 Å². The largest absolute Gasteiger partial charge is 0.369 e. The van der Waals surface area contributed by atoms with E-state index in [-0.39, 0.29) is 11.9 Å². The highest BCUT2D eigenvalue weighted by atomic mass is 19.1. The first-order valence-electron chi connectivity index (χ1n) is 11.8. The molecule has 1 fully saturated rings. The molecule has 1 aliphatic carbocycles. The fourth-order valence-electron chi connectivity index (χ4n) is 4.98. The normalized spacial score (nSPS) is 19.9. The predicted octanol–water partition coefficient (Wildman–Crippen LogP) is 8.32. The van der Waals surface area contributed by atoms with Crippen molar-refractivity contribution in [3.63, 3.8) is 0 Å². The summed E-state index contributed by atoms with van der Waals surface area (Å²) in [6.45, 7) is 6.40. The molecular weight excluding hydrogens is 395 g/mol. The molecule has 0 radical (unpaired) electrons. The summed E-state index contributed by atoms with van der Waals surface area (Å²) in [4.78, 5) is 0. The molecule has 1 unspecified atom stereocenters. The highest BCUT2D eigenvalue weighted by Gasteiger charge is 2.21. The van der Waals surface area contributed by atoms with Gasteiger partial charge < -0.3 is 4.74 Å². The minimum atomic E-state index is -0.187. The van der Waals surface area contributed by atoms with Gasteiger partial charge in [0.1, 0.15) is 5.82 Å². The van der Waals surface area contributed by atoms with Crippen LogP contribution in [0.25, 0.3) is 10.8 Å². The molecule has 166 valence electrons. The first-order valence-corrected chi connectivity index (χ1v) is 11.8. The molecule has 0 heterocycles. The van der Waals surface area contributed by atoms with E-state index in [0.717, 1.165) is 23.3 Å². The third-order valence-electron chi connectivity index (χ3n) is 6.75. The van der Waals surface area contributed by atoms with Crippen LogP contribution in [0.15, 0.2) is 85.5 Å². The summed E-state index contributed by atoms with van der Waals surface area (Å²) in [6.07, 6.45) is 12.1. The summed E-state index contributed by atoms with van der Waals surface area (Å²) in [6, 6.07) is 20.2. The van der Waals surface area contributed by atoms with Crippen LogP contribution in [0.4, 0.5) is 4.39 Å². The molecule has 32 heavy (non-hydrogen) atoms. The average Bonchev–Trinajstić information content (AvgIpc) is 2.83. The lowest BCUT2D eigenvalue weighted by Gasteiger charge is -2.27. The second-order valence-electron chi connectivity index (χ2n) is 8.91. The zero-order valence-electron chi connectivity index (χ0n) is 19.0. The molecule has 0 aliphatic heterocycles. The second kappa shape index (κ2) is 10.7. The predicted molar refractivity (Wildman–Crippen MR) is 132 cm³/mol. The van der Waals surface area contributed by atoms with Crippen molar-refractivity contribution in [1.29, 1.82) is 0 Å². The van der Waals surface area contributed by atoms with Crippen LogP contribution in [-0.4, -0.2) is 6.61 Å². The van der Waals surface area contributed by atoms with Gasteiger partial charge in [0.15, 0.2) is 0 Å². The maximum Gasteiger partial charge on any atom is 0.131 e. The Morgan fingerprint density at radius 2 is 1.81 bits per heavy atom. The molecule has 1 nitrogen and oxygen atoms in total. The summed E-state index contributed by atoms with van der Waals surface area (Å²) in [5.41, 5.74) is 3.78. The van der Waals surface area contributed by atoms with E-state index in [1.165, 1.54) is 42.9 Å². The van der Waals surface area contributed by atoms with E-state index in [1.807, 2.05) is 24.3 Å². The summed E-state index contributed by atoms with van der Waals surface area (Å²) < 4.78 is 20.2. The van der Waals surface area contributed by atoms with E-state index in [1.54, 1.807) is 12.1 Å². The van der Waals surface area contributed by atoms with Gasteiger partial charge in [-0.1, -0.05) is 66.8 Å². The van der Waals surface area contributed by atoms with Gasteiger partial charge in [-0.15, -0.1) is 6.58 Å². The highest BCUT2D eigenvalue weighted by Crippen LogP contribution is 2.36. The van der Waals surface area contributed by atoms with Crippen LogP contribution in [0, 0.1) is 11.7 Å². The zero-order chi connectivity index (χ0) is 22.3. The molecule has 1 aliphatic rings. The van der Waals surface area contributed by atoms with Gasteiger partial charge in [0.2, 0.25) is 0 Å². The molecule has 3 aromatic carbocycles. The van der Waals surface area contributed by atoms with E-state index in [9.17, 15) is 4.39 Å². The van der Waals surface area contributed by atoms with Gasteiger partial charge in [-0.3, -0.25) is 0 Å². The molecule has 0 N–H and O–H groups in total. The molecule has 0 aromatic heterocycles. The van der Waals surface area contributed by atoms with Gasteiger partial charge in [-0.2, -0.15) is 0 Å². The van der Waals surface area contributed by atoms with Gasteiger partial charge >= 0.3 is 0 Å². The van der Waals surface area contributed by atoms with Crippen molar-refractivity contribution in [3.05, 3.63) is 108 Å². The first-order chi connectivity index (χ1) is 15.7. The van der Waals surface area contributed by atoms with E-state index in [2.05, 4.69) is 49.9 Å². The fraction of sp³-hybridized carbons (Fsp3) is 0.333. The number of rotatable bonds is 8. The minimum Gasteiger partial charge on any atom is -0.369 e. The Morgan fingerprint density at radius 1 is 1.03 bits per heavy atom. The van der Waals surface area contributed by atoms with Gasteiger partial charge in [-0.05, 0) is 78.7 Å². The third-order valence-corrected chi connectivity index (χ3v) is 6.75. The van der Waals surface area contributed by atoms with Crippen molar-refractivity contribution in [1.82, 2.24) is 0 Å². The van der Waals surface area contributed by atoms with Crippen LogP contribution in [0.2, 0.25) is 0 Å². The number of hydrogen-bond acceptors (Lipinski definition) is 1. The van der Waals surface area contributed by atoms with E-state index >= 15 is 0 Å². The van der Waals surface area contributed by atoms with Gasteiger partial charge in [0.05, 0.1) is 12.7 Å². The summed E-state index contributed by atoms with van der Waals surface area (Å²) in [5.74, 6) is 1.25. The quantitative estimate of drug-likeness (QED) is 0.328. The standard InChI is InChI=1S/C30H33FO/c1-3-6-22-9-13-24(14-10-22)25-15-11-23(12-16-25)20-30(32-19-4-2)27-17-18-28-26(21-27)7-5-8-29(28)31/h3-8,11-12,15-18,21-22,24,30H,2,9-10,13-14,19-20H2,1H3/b6-3+. The maximum absolute atomic E-state index is 14.1. The number of benzene rings is 3. The van der Waals surface area contributed by atoms with Crippen LogP contribution in [0.5, 0.6) is 0 Å². The molecule has 1 atom stereocenters. The van der Waals surface area contributed by atoms with E-state index < -0.39 is 0 Å². The molecular formula is C30H33FO. The van der Waals surface area contributed by atoms with Crippen LogP contribution in [0.1, 0.15) is 61.3 Å². The zero-order valence-corrected chi connectivity index (χ0v) is 19.0. The topological polar surface area (TPSA) is 9.23 Å². The van der Waals surface area contributed by atoms with Gasteiger partial charge in [0.25, 0.3) is 0 Å². The smallest absolute Gasteiger partial charge is 0.131 e. The number of fused-ring (bicyclic) bond motifs is 1. The molecule has 0 bridgehead atoms. The first kappa shape index (κ1) is 22.5. The Balaban J connectivity index is 1.48. The minimum absolute atomic E-state index is 0.0946. The van der Waals surface area contributed by atoms with Crippen molar-refractivity contribution >= 4 is 10.8 Å². The van der Waals surface area contributed by atoms with Crippen molar-refractivity contribution in [2.45, 2.75) is 51.0 Å². The number of ether oxygens (including phenoxy) is 1. The lowest BCUT2D eigenvalue weighted by atomic mass is 9.78. The molecule has 4 rings (SSSR count). The van der Waals surface area contributed by atoms with Crippen LogP contribution in [-0.2, 0) is 11.2 Å². The van der Waals surface area contributed by atoms with Crippen molar-refractivity contribution < 1.29 is 9.13 Å². The lowest BCUT2D eigenvalue weighted by molar-refractivity contribution is 0.0746. The molecule has 0 saturated heterocycles. The lowest BCUT2D eigenvalue weighted by Crippen LogP contribution is -2.12. The van der Waals surface area contributed by atoms with Crippen LogP contribution < -0.4 is 0 Å². The van der Waals surface area contributed by atoms with Gasteiger partial charge in [0, 0.05) is 11.8 Å². The van der Waals surface area contributed by atoms with Crippen molar-refractivity contribution in [2.24, 2.45) is 5.92 Å². The molecule has 1 saturated carbocycles. The Bertz CT molecular complexity index is 1060. The Hall–Kier alpha value is -2.71. The Kier molecular flexibility index (Phi) is 7.55. The molecule has 0 spiro atoms. The fourth-order valence-corrected chi connectivity index (χ4v) is 4.98. The second-order valence-corrected chi connectivity index (χ2v) is 8.91. The third kappa shape index (κ3) is 5.37. The van der Waals surface area contributed by atoms with E-state index in [0.29, 0.717) is 17.9 Å². The SMILES string of the molecule is C=CCOC(Cc1ccc(C2CCC(/C=C/C)CC2)cc1)c1ccc2c(F)cccc2c1. The van der Waals surface area contributed by atoms with Crippen molar-refractivity contribution in [3.8, 4) is 0 Å². The maximum atomic E-state index is 14.1. The summed E-state index contributed by atoms with van der Waals surface area (Å²) in [5, 5.41) is 1.55. The Morgan fingerprint density at radius 3 is 2.53 bits per heavy atom. The number of hydrogen-bond donors (Lipinski definition) is 0. The number of halogens is 1. The monoisotopic (exact) mass is 428 g/mol. The highest BCUT2D eigenvalue weighted by molar-refractivity contribution is 5.83. The van der Waals surface area contributed by atoms with Gasteiger partial charge in [-0.25, -0.2) is 4.39 Å². The van der Waals surface area contributed by atoms with Crippen molar-refractivity contribution in [2.75, 3.05) is 6.61 Å². The van der Waals surface area contributed by atoms with Crippen LogP contribution in [0.3, 0.4) is 0 Å². The molecule has 2 heteroatoms. The number of allylic oxidation sites excluding steroid dienone is 2. The Labute approximate surface area is 191 Å². The van der Waals surface area contributed by atoms with Crippen LogP contribution >= 0.6 is 0 Å². The average molecular weight is 429 g/mol. The summed E-state index contributed by atoms with van der Waals surface area (Å²) in [7, 11) is 0. The summed E-state index contributed by atoms with van der Waals surface area (Å²) >= 11 is 0.